The molecular weight excluding hydrogens is 484 g/mol. The summed E-state index contributed by atoms with van der Waals surface area (Å²) in [4.78, 5) is 27.3. The number of nitrogens with zero attached hydrogens (tertiary/aromatic N) is 1. The molecule has 0 bridgehead atoms. The smallest absolute Gasteiger partial charge is 0.300 e. The normalized spacial score (nSPS) is 17.9. The van der Waals surface area contributed by atoms with Crippen molar-refractivity contribution < 1.29 is 32.3 Å². The van der Waals surface area contributed by atoms with E-state index in [1.165, 1.54) is 43.5 Å². The molecule has 1 aliphatic heterocycles. The number of benzene rings is 2. The number of aliphatic hydroxyl groups is 1. The van der Waals surface area contributed by atoms with Gasteiger partial charge in [0.1, 0.15) is 29.1 Å². The topological polar surface area (TPSA) is 140 Å². The average Bonchev–Trinajstić information content (AvgIpc) is 3.33. The summed E-state index contributed by atoms with van der Waals surface area (Å²) in [5.41, 5.74) is 0.0759. The molecule has 0 saturated carbocycles. The van der Waals surface area contributed by atoms with E-state index in [0.717, 1.165) is 4.90 Å². The molecule has 0 radical (unpaired) electrons. The first-order valence-corrected chi connectivity index (χ1v) is 11.8. The third kappa shape index (κ3) is 4.07. The van der Waals surface area contributed by atoms with Gasteiger partial charge in [0.15, 0.2) is 0 Å². The van der Waals surface area contributed by atoms with Crippen LogP contribution in [0.4, 0.5) is 5.69 Å². The fourth-order valence-corrected chi connectivity index (χ4v) is 4.46. The van der Waals surface area contributed by atoms with Crippen molar-refractivity contribution in [2.24, 2.45) is 5.14 Å². The van der Waals surface area contributed by atoms with E-state index in [-0.39, 0.29) is 38.3 Å². The lowest BCUT2D eigenvalue weighted by molar-refractivity contribution is -0.132. The number of carbonyl (C=O) groups excluding carboxylic acids is 2. The standard InChI is InChI=1S/C23H19ClN2O7S/c1-12-3-9-18(33-12)20-19(21(27)16-11-13(24)4-10-17(16)32-2)22(28)23(29)26(20)14-5-7-15(8-6-14)34(25,30)31/h3-11,20,27H,1-2H3,(H2,25,30,31)/b21-19-. The van der Waals surface area contributed by atoms with Crippen molar-refractivity contribution in [1.29, 1.82) is 0 Å². The number of hydrogen-bond donors (Lipinski definition) is 2. The molecule has 3 N–H and O–H groups in total. The van der Waals surface area contributed by atoms with Crippen LogP contribution in [0.3, 0.4) is 0 Å². The van der Waals surface area contributed by atoms with Gasteiger partial charge in [-0.2, -0.15) is 0 Å². The first-order valence-electron chi connectivity index (χ1n) is 9.87. The van der Waals surface area contributed by atoms with Crippen molar-refractivity contribution in [2.75, 3.05) is 12.0 Å². The van der Waals surface area contributed by atoms with Gasteiger partial charge in [0.2, 0.25) is 10.0 Å². The molecule has 3 aromatic rings. The van der Waals surface area contributed by atoms with Crippen LogP contribution in [0.15, 0.2) is 69.5 Å². The molecule has 1 aromatic heterocycles. The number of primary sulfonamides is 1. The van der Waals surface area contributed by atoms with Gasteiger partial charge in [-0.1, -0.05) is 11.6 Å². The maximum Gasteiger partial charge on any atom is 0.300 e. The van der Waals surface area contributed by atoms with Gasteiger partial charge in [0, 0.05) is 10.7 Å². The zero-order valence-electron chi connectivity index (χ0n) is 18.0. The number of nitrogens with two attached hydrogens (primary N) is 1. The Kier molecular flexibility index (Phi) is 5.98. The van der Waals surface area contributed by atoms with Crippen LogP contribution in [-0.4, -0.2) is 32.3 Å². The Morgan fingerprint density at radius 2 is 1.79 bits per heavy atom. The number of rotatable bonds is 5. The van der Waals surface area contributed by atoms with Gasteiger partial charge in [-0.15, -0.1) is 0 Å². The summed E-state index contributed by atoms with van der Waals surface area (Å²) in [6, 6.07) is 11.7. The highest BCUT2D eigenvalue weighted by Crippen LogP contribution is 2.44. The molecule has 0 aliphatic carbocycles. The second-order valence-corrected chi connectivity index (χ2v) is 9.50. The third-order valence-corrected chi connectivity index (χ3v) is 6.50. The molecule has 1 saturated heterocycles. The van der Waals surface area contributed by atoms with Crippen LogP contribution < -0.4 is 14.8 Å². The van der Waals surface area contributed by atoms with E-state index >= 15 is 0 Å². The summed E-state index contributed by atoms with van der Waals surface area (Å²) in [7, 11) is -2.58. The minimum atomic E-state index is -3.97. The van der Waals surface area contributed by atoms with E-state index < -0.39 is 33.5 Å². The Morgan fingerprint density at radius 1 is 1.12 bits per heavy atom. The number of amides is 1. The van der Waals surface area contributed by atoms with Gasteiger partial charge in [0.05, 0.1) is 23.1 Å². The number of carbonyl (C=O) groups is 2. The molecule has 176 valence electrons. The molecule has 9 nitrogen and oxygen atoms in total. The lowest BCUT2D eigenvalue weighted by Crippen LogP contribution is -2.29. The van der Waals surface area contributed by atoms with Gasteiger partial charge in [-0.05, 0) is 61.5 Å². The molecule has 2 aromatic carbocycles. The fraction of sp³-hybridized carbons (Fsp3) is 0.130. The summed E-state index contributed by atoms with van der Waals surface area (Å²) in [5.74, 6) is -1.43. The molecule has 2 heterocycles. The summed E-state index contributed by atoms with van der Waals surface area (Å²) in [5, 5.41) is 16.6. The molecule has 1 amide bonds. The van der Waals surface area contributed by atoms with Gasteiger partial charge >= 0.3 is 0 Å². The number of ketones is 1. The molecule has 0 spiro atoms. The minimum absolute atomic E-state index is 0.117. The second-order valence-electron chi connectivity index (χ2n) is 7.50. The van der Waals surface area contributed by atoms with Crippen LogP contribution in [0, 0.1) is 6.92 Å². The largest absolute Gasteiger partial charge is 0.507 e. The lowest BCUT2D eigenvalue weighted by atomic mass is 9.98. The highest BCUT2D eigenvalue weighted by atomic mass is 35.5. The number of sulfonamides is 1. The van der Waals surface area contributed by atoms with Crippen LogP contribution >= 0.6 is 11.6 Å². The molecule has 34 heavy (non-hydrogen) atoms. The van der Waals surface area contributed by atoms with Crippen LogP contribution in [0.2, 0.25) is 5.02 Å². The first-order chi connectivity index (χ1) is 16.0. The Balaban J connectivity index is 1.94. The number of Topliss-reactive ketones (excluding diaryl/α,β-unsaturated/α-hetero) is 1. The number of aryl methyl sites for hydroxylation is 1. The number of hydrogen-bond acceptors (Lipinski definition) is 7. The van der Waals surface area contributed by atoms with E-state index in [0.29, 0.717) is 5.76 Å². The number of halogens is 1. The number of aliphatic hydroxyl groups excluding tert-OH is 1. The molecule has 1 aliphatic rings. The molecule has 1 unspecified atom stereocenters. The Labute approximate surface area is 200 Å². The number of ether oxygens (including phenoxy) is 1. The van der Waals surface area contributed by atoms with Crippen molar-refractivity contribution in [1.82, 2.24) is 0 Å². The zero-order chi connectivity index (χ0) is 24.8. The number of furan rings is 1. The van der Waals surface area contributed by atoms with Crippen LogP contribution in [0.5, 0.6) is 5.75 Å². The van der Waals surface area contributed by atoms with Crippen molar-refractivity contribution in [3.8, 4) is 5.75 Å². The molecule has 1 atom stereocenters. The zero-order valence-corrected chi connectivity index (χ0v) is 19.6. The summed E-state index contributed by atoms with van der Waals surface area (Å²) in [6.07, 6.45) is 0. The minimum Gasteiger partial charge on any atom is -0.507 e. The first kappa shape index (κ1) is 23.6. The predicted octanol–water partition coefficient (Wildman–Crippen LogP) is 3.52. The van der Waals surface area contributed by atoms with Crippen molar-refractivity contribution in [3.63, 3.8) is 0 Å². The van der Waals surface area contributed by atoms with Gasteiger partial charge in [0.25, 0.3) is 11.7 Å². The van der Waals surface area contributed by atoms with Gasteiger partial charge < -0.3 is 14.3 Å². The van der Waals surface area contributed by atoms with Crippen LogP contribution in [0.1, 0.15) is 23.1 Å². The molecule has 4 rings (SSSR count). The number of anilines is 1. The van der Waals surface area contributed by atoms with Crippen molar-refractivity contribution >= 4 is 44.8 Å². The van der Waals surface area contributed by atoms with E-state index in [1.54, 1.807) is 25.1 Å². The van der Waals surface area contributed by atoms with Crippen LogP contribution in [0.25, 0.3) is 5.76 Å². The second kappa shape index (κ2) is 8.64. The molecule has 11 heteroatoms. The maximum absolute atomic E-state index is 13.2. The highest BCUT2D eigenvalue weighted by Gasteiger charge is 2.48. The quantitative estimate of drug-likeness (QED) is 0.309. The summed E-state index contributed by atoms with van der Waals surface area (Å²) < 4.78 is 34.3. The van der Waals surface area contributed by atoms with Crippen molar-refractivity contribution in [2.45, 2.75) is 17.9 Å². The molecule has 1 fully saturated rings. The summed E-state index contributed by atoms with van der Waals surface area (Å²) >= 11 is 6.09. The van der Waals surface area contributed by atoms with E-state index in [9.17, 15) is 23.1 Å². The van der Waals surface area contributed by atoms with Gasteiger partial charge in [-0.25, -0.2) is 13.6 Å². The summed E-state index contributed by atoms with van der Waals surface area (Å²) in [6.45, 7) is 1.69. The van der Waals surface area contributed by atoms with Crippen LogP contribution in [-0.2, 0) is 19.6 Å². The van der Waals surface area contributed by atoms with E-state index in [4.69, 9.17) is 25.9 Å². The average molecular weight is 503 g/mol. The number of methoxy groups -OCH3 is 1. The van der Waals surface area contributed by atoms with Crippen molar-refractivity contribution in [3.05, 3.63) is 82.3 Å². The Morgan fingerprint density at radius 3 is 2.35 bits per heavy atom. The predicted molar refractivity (Wildman–Crippen MR) is 124 cm³/mol. The van der Waals surface area contributed by atoms with E-state index in [2.05, 4.69) is 0 Å². The molecular formula is C23H19ClN2O7S. The maximum atomic E-state index is 13.2. The Hall–Kier alpha value is -3.60. The lowest BCUT2D eigenvalue weighted by Gasteiger charge is -2.23. The van der Waals surface area contributed by atoms with E-state index in [1.807, 2.05) is 0 Å². The van der Waals surface area contributed by atoms with Gasteiger partial charge in [-0.3, -0.25) is 14.5 Å². The SMILES string of the molecule is COc1ccc(Cl)cc1/C(O)=C1/C(=O)C(=O)N(c2ccc(S(N)(=O)=O)cc2)C1c1ccc(C)o1. The highest BCUT2D eigenvalue weighted by molar-refractivity contribution is 7.89. The fourth-order valence-electron chi connectivity index (χ4n) is 3.78. The third-order valence-electron chi connectivity index (χ3n) is 5.34. The Bertz CT molecular complexity index is 1440. The monoisotopic (exact) mass is 502 g/mol.